The maximum absolute atomic E-state index is 13.0. The molecule has 0 saturated carbocycles. The number of nitrogens with one attached hydrogen (secondary N) is 1. The molecule has 4 nitrogen and oxygen atoms in total. The molecule has 2 aromatic rings. The molecule has 0 aliphatic heterocycles. The van der Waals surface area contributed by atoms with Crippen molar-refractivity contribution in [3.63, 3.8) is 0 Å². The van der Waals surface area contributed by atoms with Crippen molar-refractivity contribution in [1.29, 1.82) is 0 Å². The topological polar surface area (TPSA) is 49.4 Å². The SMILES string of the molecule is CCCNC(=O)C(C)N(Cc1ccccc1)C(=O)Cc1ccc(C)cc1. The molecule has 0 aliphatic carbocycles. The van der Waals surface area contributed by atoms with E-state index in [4.69, 9.17) is 0 Å². The van der Waals surface area contributed by atoms with Gasteiger partial charge in [-0.3, -0.25) is 9.59 Å². The van der Waals surface area contributed by atoms with Crippen molar-refractivity contribution < 1.29 is 9.59 Å². The molecule has 0 aliphatic rings. The lowest BCUT2D eigenvalue weighted by molar-refractivity contribution is -0.140. The van der Waals surface area contributed by atoms with Crippen LogP contribution in [0.4, 0.5) is 0 Å². The van der Waals surface area contributed by atoms with Crippen LogP contribution in [0, 0.1) is 6.92 Å². The van der Waals surface area contributed by atoms with E-state index < -0.39 is 6.04 Å². The van der Waals surface area contributed by atoms with Gasteiger partial charge in [0.25, 0.3) is 0 Å². The van der Waals surface area contributed by atoms with E-state index in [9.17, 15) is 9.59 Å². The third-order valence-corrected chi connectivity index (χ3v) is 4.39. The lowest BCUT2D eigenvalue weighted by atomic mass is 10.1. The van der Waals surface area contributed by atoms with E-state index in [-0.39, 0.29) is 11.8 Å². The van der Waals surface area contributed by atoms with Crippen LogP contribution in [0.25, 0.3) is 0 Å². The van der Waals surface area contributed by atoms with E-state index in [0.717, 1.165) is 23.1 Å². The third kappa shape index (κ3) is 5.73. The van der Waals surface area contributed by atoms with Gasteiger partial charge >= 0.3 is 0 Å². The van der Waals surface area contributed by atoms with Gasteiger partial charge in [-0.25, -0.2) is 0 Å². The molecule has 1 N–H and O–H groups in total. The van der Waals surface area contributed by atoms with Gasteiger partial charge < -0.3 is 10.2 Å². The first-order valence-electron chi connectivity index (χ1n) is 9.18. The van der Waals surface area contributed by atoms with Gasteiger partial charge in [-0.2, -0.15) is 0 Å². The monoisotopic (exact) mass is 352 g/mol. The number of nitrogens with zero attached hydrogens (tertiary/aromatic N) is 1. The van der Waals surface area contributed by atoms with Gasteiger partial charge in [0.15, 0.2) is 0 Å². The predicted molar refractivity (Wildman–Crippen MR) is 105 cm³/mol. The summed E-state index contributed by atoms with van der Waals surface area (Å²) in [7, 11) is 0. The Labute approximate surface area is 156 Å². The number of hydrogen-bond donors (Lipinski definition) is 1. The quantitative estimate of drug-likeness (QED) is 0.791. The number of amides is 2. The van der Waals surface area contributed by atoms with Crippen molar-refractivity contribution in [3.05, 3.63) is 71.3 Å². The molecule has 1 atom stereocenters. The van der Waals surface area contributed by atoms with Crippen LogP contribution in [0.2, 0.25) is 0 Å². The largest absolute Gasteiger partial charge is 0.354 e. The fraction of sp³-hybridized carbons (Fsp3) is 0.364. The maximum atomic E-state index is 13.0. The second kappa shape index (κ2) is 9.76. The number of carbonyl (C=O) groups is 2. The summed E-state index contributed by atoms with van der Waals surface area (Å²) >= 11 is 0. The van der Waals surface area contributed by atoms with E-state index in [1.165, 1.54) is 0 Å². The minimum Gasteiger partial charge on any atom is -0.354 e. The van der Waals surface area contributed by atoms with Gasteiger partial charge in [0, 0.05) is 13.1 Å². The Hall–Kier alpha value is -2.62. The van der Waals surface area contributed by atoms with Gasteiger partial charge in [-0.15, -0.1) is 0 Å². The smallest absolute Gasteiger partial charge is 0.242 e. The van der Waals surface area contributed by atoms with Gasteiger partial charge in [0.2, 0.25) is 11.8 Å². The van der Waals surface area contributed by atoms with Crippen molar-refractivity contribution in [3.8, 4) is 0 Å². The van der Waals surface area contributed by atoms with Crippen molar-refractivity contribution in [1.82, 2.24) is 10.2 Å². The van der Waals surface area contributed by atoms with Crippen LogP contribution >= 0.6 is 0 Å². The lowest BCUT2D eigenvalue weighted by Gasteiger charge is -2.29. The van der Waals surface area contributed by atoms with Crippen molar-refractivity contribution in [2.45, 2.75) is 46.2 Å². The number of hydrogen-bond acceptors (Lipinski definition) is 2. The van der Waals surface area contributed by atoms with Gasteiger partial charge in [0.05, 0.1) is 6.42 Å². The Bertz CT molecular complexity index is 711. The van der Waals surface area contributed by atoms with Crippen LogP contribution in [0.1, 0.15) is 37.0 Å². The maximum Gasteiger partial charge on any atom is 0.242 e. The van der Waals surface area contributed by atoms with Gasteiger partial charge in [-0.1, -0.05) is 67.1 Å². The molecule has 2 amide bonds. The average molecular weight is 352 g/mol. The minimum absolute atomic E-state index is 0.0446. The highest BCUT2D eigenvalue weighted by Gasteiger charge is 2.25. The third-order valence-electron chi connectivity index (χ3n) is 4.39. The number of benzene rings is 2. The van der Waals surface area contributed by atoms with Gasteiger partial charge in [0.1, 0.15) is 6.04 Å². The molecule has 0 heterocycles. The summed E-state index contributed by atoms with van der Waals surface area (Å²) < 4.78 is 0. The second-order valence-corrected chi connectivity index (χ2v) is 6.64. The highest BCUT2D eigenvalue weighted by molar-refractivity contribution is 5.88. The first-order valence-corrected chi connectivity index (χ1v) is 9.18. The van der Waals surface area contributed by atoms with Crippen LogP contribution in [0.3, 0.4) is 0 Å². The second-order valence-electron chi connectivity index (χ2n) is 6.64. The molecular weight excluding hydrogens is 324 g/mol. The predicted octanol–water partition coefficient (Wildman–Crippen LogP) is 3.48. The minimum atomic E-state index is -0.514. The zero-order chi connectivity index (χ0) is 18.9. The molecule has 0 saturated heterocycles. The summed E-state index contributed by atoms with van der Waals surface area (Å²) in [4.78, 5) is 27.1. The molecule has 138 valence electrons. The van der Waals surface area contributed by atoms with Gasteiger partial charge in [-0.05, 0) is 31.4 Å². The van der Waals surface area contributed by atoms with E-state index in [2.05, 4.69) is 5.32 Å². The number of aryl methyl sites for hydroxylation is 1. The van der Waals surface area contributed by atoms with Crippen LogP contribution in [-0.2, 0) is 22.6 Å². The number of rotatable bonds is 8. The van der Waals surface area contributed by atoms with Crippen molar-refractivity contribution in [2.24, 2.45) is 0 Å². The van der Waals surface area contributed by atoms with E-state index >= 15 is 0 Å². The summed E-state index contributed by atoms with van der Waals surface area (Å²) in [6.07, 6.45) is 1.16. The highest BCUT2D eigenvalue weighted by Crippen LogP contribution is 2.13. The Morgan fingerprint density at radius 3 is 2.27 bits per heavy atom. The van der Waals surface area contributed by atoms with Crippen LogP contribution in [-0.4, -0.2) is 29.3 Å². The van der Waals surface area contributed by atoms with Crippen LogP contribution in [0.5, 0.6) is 0 Å². The zero-order valence-electron chi connectivity index (χ0n) is 15.9. The molecule has 26 heavy (non-hydrogen) atoms. The van der Waals surface area contributed by atoms with Crippen molar-refractivity contribution in [2.75, 3.05) is 6.54 Å². The first-order chi connectivity index (χ1) is 12.5. The Balaban J connectivity index is 2.16. The summed E-state index contributed by atoms with van der Waals surface area (Å²) in [5, 5.41) is 2.89. The molecule has 0 radical (unpaired) electrons. The Morgan fingerprint density at radius 1 is 1.00 bits per heavy atom. The number of carbonyl (C=O) groups excluding carboxylic acids is 2. The standard InChI is InChI=1S/C22H28N2O2/c1-4-14-23-22(26)18(3)24(16-20-8-6-5-7-9-20)21(25)15-19-12-10-17(2)11-13-19/h5-13,18H,4,14-16H2,1-3H3,(H,23,26). The van der Waals surface area contributed by atoms with E-state index in [0.29, 0.717) is 19.5 Å². The lowest BCUT2D eigenvalue weighted by Crippen LogP contribution is -2.48. The fourth-order valence-corrected chi connectivity index (χ4v) is 2.74. The summed E-state index contributed by atoms with van der Waals surface area (Å²) in [5.41, 5.74) is 3.13. The van der Waals surface area contributed by atoms with E-state index in [1.54, 1.807) is 11.8 Å². The first kappa shape index (κ1) is 19.7. The van der Waals surface area contributed by atoms with E-state index in [1.807, 2.05) is 68.4 Å². The highest BCUT2D eigenvalue weighted by atomic mass is 16.2. The molecule has 0 aromatic heterocycles. The summed E-state index contributed by atoms with van der Waals surface area (Å²) in [6, 6.07) is 17.2. The Morgan fingerprint density at radius 2 is 1.65 bits per heavy atom. The normalized spacial score (nSPS) is 11.7. The fourth-order valence-electron chi connectivity index (χ4n) is 2.74. The summed E-state index contributed by atoms with van der Waals surface area (Å²) in [6.45, 7) is 6.87. The molecule has 2 aromatic carbocycles. The van der Waals surface area contributed by atoms with Crippen molar-refractivity contribution >= 4 is 11.8 Å². The Kier molecular flexibility index (Phi) is 7.39. The average Bonchev–Trinajstić information content (AvgIpc) is 2.66. The van der Waals surface area contributed by atoms with Crippen LogP contribution in [0.15, 0.2) is 54.6 Å². The molecule has 1 unspecified atom stereocenters. The zero-order valence-corrected chi connectivity index (χ0v) is 15.9. The molecule has 4 heteroatoms. The molecular formula is C22H28N2O2. The molecule has 0 fully saturated rings. The molecule has 0 bridgehead atoms. The van der Waals surface area contributed by atoms with Crippen LogP contribution < -0.4 is 5.32 Å². The molecule has 2 rings (SSSR count). The molecule has 0 spiro atoms. The summed E-state index contributed by atoms with van der Waals surface area (Å²) in [5.74, 6) is -0.156.